The normalized spacial score (nSPS) is 11.8. The first-order valence-corrected chi connectivity index (χ1v) is 8.80. The van der Waals surface area contributed by atoms with Gasteiger partial charge in [-0.2, -0.15) is 0 Å². The highest BCUT2D eigenvalue weighted by atomic mass is 16.5. The van der Waals surface area contributed by atoms with Gasteiger partial charge in [-0.3, -0.25) is 4.79 Å². The number of hydrogen-bond donors (Lipinski definition) is 1. The first-order valence-electron chi connectivity index (χ1n) is 8.80. The van der Waals surface area contributed by atoms with Crippen LogP contribution < -0.4 is 14.8 Å². The first kappa shape index (κ1) is 17.8. The van der Waals surface area contributed by atoms with Crippen LogP contribution in [0.5, 0.6) is 11.5 Å². The number of carbonyl (C=O) groups excluding carboxylic acids is 1. The molecule has 1 N–H and O–H groups in total. The van der Waals surface area contributed by atoms with Crippen LogP contribution in [0.4, 0.5) is 0 Å². The molecule has 26 heavy (non-hydrogen) atoms. The molecule has 3 aromatic carbocycles. The van der Waals surface area contributed by atoms with Crippen LogP contribution in [0, 0.1) is 0 Å². The summed E-state index contributed by atoms with van der Waals surface area (Å²) in [7, 11) is 0. The standard InChI is InChI=1S/C22H23NO3/c1-3-25-20-10-6-7-11-21(20)26-15-22(24)23-16(2)18-13-12-17-8-4-5-9-19(17)14-18/h4-14,16H,3,15H2,1-2H3,(H,23,24)/t16-/m1/s1. The molecule has 0 radical (unpaired) electrons. The fraction of sp³-hybridized carbons (Fsp3) is 0.227. The van der Waals surface area contributed by atoms with E-state index in [-0.39, 0.29) is 18.6 Å². The van der Waals surface area contributed by atoms with E-state index < -0.39 is 0 Å². The summed E-state index contributed by atoms with van der Waals surface area (Å²) in [5.41, 5.74) is 1.06. The van der Waals surface area contributed by atoms with Crippen LogP contribution in [0.15, 0.2) is 66.7 Å². The Morgan fingerprint density at radius 2 is 1.58 bits per heavy atom. The maximum Gasteiger partial charge on any atom is 0.258 e. The number of para-hydroxylation sites is 2. The van der Waals surface area contributed by atoms with E-state index in [0.717, 1.165) is 10.9 Å². The van der Waals surface area contributed by atoms with Crippen molar-refractivity contribution in [3.8, 4) is 11.5 Å². The lowest BCUT2D eigenvalue weighted by Gasteiger charge is -2.16. The summed E-state index contributed by atoms with van der Waals surface area (Å²) < 4.78 is 11.1. The van der Waals surface area contributed by atoms with Crippen molar-refractivity contribution < 1.29 is 14.3 Å². The van der Waals surface area contributed by atoms with E-state index in [1.54, 1.807) is 6.07 Å². The van der Waals surface area contributed by atoms with Gasteiger partial charge >= 0.3 is 0 Å². The minimum absolute atomic E-state index is 0.0536. The molecule has 3 aromatic rings. The van der Waals surface area contributed by atoms with Crippen LogP contribution >= 0.6 is 0 Å². The van der Waals surface area contributed by atoms with E-state index in [4.69, 9.17) is 9.47 Å². The number of benzene rings is 3. The first-order chi connectivity index (χ1) is 12.7. The third kappa shape index (κ3) is 4.33. The summed E-state index contributed by atoms with van der Waals surface area (Å²) in [6.45, 7) is 4.37. The molecule has 1 amide bonds. The number of fused-ring (bicyclic) bond motifs is 1. The quantitative estimate of drug-likeness (QED) is 0.683. The predicted octanol–water partition coefficient (Wildman–Crippen LogP) is 4.49. The molecule has 0 aromatic heterocycles. The van der Waals surface area contributed by atoms with Gasteiger partial charge in [-0.1, -0.05) is 48.5 Å². The lowest BCUT2D eigenvalue weighted by molar-refractivity contribution is -0.123. The van der Waals surface area contributed by atoms with Crippen LogP contribution in [-0.4, -0.2) is 19.1 Å². The zero-order valence-electron chi connectivity index (χ0n) is 15.1. The molecule has 4 nitrogen and oxygen atoms in total. The fourth-order valence-electron chi connectivity index (χ4n) is 2.83. The minimum Gasteiger partial charge on any atom is -0.490 e. The highest BCUT2D eigenvalue weighted by Crippen LogP contribution is 2.26. The van der Waals surface area contributed by atoms with Crippen molar-refractivity contribution in [1.29, 1.82) is 0 Å². The van der Waals surface area contributed by atoms with Gasteiger partial charge in [0.05, 0.1) is 12.6 Å². The summed E-state index contributed by atoms with van der Waals surface area (Å²) in [6.07, 6.45) is 0. The Labute approximate surface area is 153 Å². The van der Waals surface area contributed by atoms with Gasteiger partial charge in [0, 0.05) is 0 Å². The fourth-order valence-corrected chi connectivity index (χ4v) is 2.83. The zero-order chi connectivity index (χ0) is 18.4. The number of amides is 1. The number of hydrogen-bond acceptors (Lipinski definition) is 3. The van der Waals surface area contributed by atoms with Gasteiger partial charge in [-0.25, -0.2) is 0 Å². The van der Waals surface area contributed by atoms with Crippen LogP contribution in [0.3, 0.4) is 0 Å². The zero-order valence-corrected chi connectivity index (χ0v) is 15.1. The maximum atomic E-state index is 12.3. The number of nitrogens with one attached hydrogen (secondary N) is 1. The second kappa shape index (κ2) is 8.39. The van der Waals surface area contributed by atoms with Crippen molar-refractivity contribution in [2.45, 2.75) is 19.9 Å². The average molecular weight is 349 g/mol. The van der Waals surface area contributed by atoms with Crippen molar-refractivity contribution in [2.24, 2.45) is 0 Å². The molecule has 0 unspecified atom stereocenters. The molecule has 134 valence electrons. The third-order valence-corrected chi connectivity index (χ3v) is 4.16. The topological polar surface area (TPSA) is 47.6 Å². The van der Waals surface area contributed by atoms with Crippen LogP contribution in [0.25, 0.3) is 10.8 Å². The molecule has 0 aliphatic heterocycles. The lowest BCUT2D eigenvalue weighted by Crippen LogP contribution is -2.31. The van der Waals surface area contributed by atoms with E-state index in [0.29, 0.717) is 18.1 Å². The Hall–Kier alpha value is -3.01. The second-order valence-electron chi connectivity index (χ2n) is 6.06. The molecule has 0 heterocycles. The summed E-state index contributed by atoms with van der Waals surface area (Å²) in [6, 6.07) is 21.6. The molecule has 0 saturated heterocycles. The molecule has 1 atom stereocenters. The van der Waals surface area contributed by atoms with Gasteiger partial charge in [0.25, 0.3) is 5.91 Å². The predicted molar refractivity (Wildman–Crippen MR) is 104 cm³/mol. The number of carbonyl (C=O) groups is 1. The van der Waals surface area contributed by atoms with E-state index in [1.165, 1.54) is 5.39 Å². The van der Waals surface area contributed by atoms with Crippen LogP contribution in [-0.2, 0) is 4.79 Å². The van der Waals surface area contributed by atoms with Crippen molar-refractivity contribution in [2.75, 3.05) is 13.2 Å². The van der Waals surface area contributed by atoms with Crippen molar-refractivity contribution in [3.05, 3.63) is 72.3 Å². The van der Waals surface area contributed by atoms with E-state index in [1.807, 2.05) is 50.2 Å². The summed E-state index contributed by atoms with van der Waals surface area (Å²) >= 11 is 0. The van der Waals surface area contributed by atoms with E-state index in [2.05, 4.69) is 29.6 Å². The van der Waals surface area contributed by atoms with Gasteiger partial charge in [-0.05, 0) is 48.4 Å². The summed E-state index contributed by atoms with van der Waals surface area (Å²) in [5.74, 6) is 1.05. The van der Waals surface area contributed by atoms with Gasteiger partial charge in [0.1, 0.15) is 0 Å². The SMILES string of the molecule is CCOc1ccccc1OCC(=O)N[C@H](C)c1ccc2ccccc2c1. The van der Waals surface area contributed by atoms with E-state index >= 15 is 0 Å². The maximum absolute atomic E-state index is 12.3. The largest absolute Gasteiger partial charge is 0.490 e. The Balaban J connectivity index is 1.60. The van der Waals surface area contributed by atoms with Gasteiger partial charge in [0.2, 0.25) is 0 Å². The van der Waals surface area contributed by atoms with Crippen LogP contribution in [0.2, 0.25) is 0 Å². The molecule has 0 fully saturated rings. The molecular formula is C22H23NO3. The van der Waals surface area contributed by atoms with E-state index in [9.17, 15) is 4.79 Å². The Bertz CT molecular complexity index is 891. The van der Waals surface area contributed by atoms with Gasteiger partial charge in [-0.15, -0.1) is 0 Å². The van der Waals surface area contributed by atoms with Crippen LogP contribution in [0.1, 0.15) is 25.5 Å². The Morgan fingerprint density at radius 3 is 2.31 bits per heavy atom. The van der Waals surface area contributed by atoms with Crippen molar-refractivity contribution >= 4 is 16.7 Å². The molecule has 3 rings (SSSR count). The molecule has 0 aliphatic carbocycles. The molecule has 4 heteroatoms. The summed E-state index contributed by atoms with van der Waals surface area (Å²) in [4.78, 5) is 12.3. The number of ether oxygens (including phenoxy) is 2. The van der Waals surface area contributed by atoms with Gasteiger partial charge in [0.15, 0.2) is 18.1 Å². The Morgan fingerprint density at radius 1 is 0.923 bits per heavy atom. The molecular weight excluding hydrogens is 326 g/mol. The molecule has 0 saturated carbocycles. The van der Waals surface area contributed by atoms with Crippen molar-refractivity contribution in [1.82, 2.24) is 5.32 Å². The summed E-state index contributed by atoms with van der Waals surface area (Å²) in [5, 5.41) is 5.32. The van der Waals surface area contributed by atoms with Gasteiger partial charge < -0.3 is 14.8 Å². The minimum atomic E-state index is -0.169. The monoisotopic (exact) mass is 349 g/mol. The third-order valence-electron chi connectivity index (χ3n) is 4.16. The molecule has 0 spiro atoms. The highest BCUT2D eigenvalue weighted by Gasteiger charge is 2.12. The molecule has 0 bridgehead atoms. The van der Waals surface area contributed by atoms with Crippen molar-refractivity contribution in [3.63, 3.8) is 0 Å². The smallest absolute Gasteiger partial charge is 0.258 e. The lowest BCUT2D eigenvalue weighted by atomic mass is 10.0. The highest BCUT2D eigenvalue weighted by molar-refractivity contribution is 5.83. The second-order valence-corrected chi connectivity index (χ2v) is 6.06. The average Bonchev–Trinajstić information content (AvgIpc) is 2.67. The molecule has 0 aliphatic rings. The Kier molecular flexibility index (Phi) is 5.74. The number of rotatable bonds is 7.